The third kappa shape index (κ3) is 20.7. The van der Waals surface area contributed by atoms with E-state index in [1.807, 2.05) is 0 Å². The molecule has 170 valence electrons. The normalized spacial score (nSPS) is 11.8. The van der Waals surface area contributed by atoms with Gasteiger partial charge >= 0.3 is 5.97 Å². The number of ether oxygens (including phenoxy) is 1. The minimum Gasteiger partial charge on any atom is -0.462 e. The van der Waals surface area contributed by atoms with E-state index in [-0.39, 0.29) is 18.3 Å². The van der Waals surface area contributed by atoms with Crippen LogP contribution in [0.15, 0.2) is 4.99 Å². The first-order chi connectivity index (χ1) is 14.0. The molecule has 0 saturated heterocycles. The molecule has 0 rings (SSSR count). The fourth-order valence-electron chi connectivity index (χ4n) is 3.30. The standard InChI is InChI=1S/C22H44N4O3/c1-2-3-4-5-6-7-8-9-10-11-12-16-21(28)29-19(18-20(23)27)15-13-14-17-26-22(24)25/h19H,2-18H2,1H3,(H2,23,27)(H4,24,25,26)/t19-/m0/s1. The molecule has 0 heterocycles. The quantitative estimate of drug-likeness (QED) is 0.121. The number of aliphatic imine (C=N–C) groups is 1. The lowest BCUT2D eigenvalue weighted by Crippen LogP contribution is -2.25. The summed E-state index contributed by atoms with van der Waals surface area (Å²) in [4.78, 5) is 27.2. The van der Waals surface area contributed by atoms with E-state index in [9.17, 15) is 9.59 Å². The Morgan fingerprint density at radius 1 is 0.793 bits per heavy atom. The molecule has 6 N–H and O–H groups in total. The number of hydrogen-bond donors (Lipinski definition) is 3. The van der Waals surface area contributed by atoms with Crippen LogP contribution in [0, 0.1) is 0 Å². The van der Waals surface area contributed by atoms with Gasteiger partial charge in [0.05, 0.1) is 6.42 Å². The SMILES string of the molecule is CCCCCCCCCCCCCC(=O)O[C@@H](CCCCN=C(N)N)CC(N)=O. The maximum atomic E-state index is 12.0. The van der Waals surface area contributed by atoms with Crippen molar-refractivity contribution in [2.75, 3.05) is 6.54 Å². The molecular formula is C22H44N4O3. The minimum absolute atomic E-state index is 0.0618. The average Bonchev–Trinajstić information content (AvgIpc) is 2.65. The Labute approximate surface area is 177 Å². The molecular weight excluding hydrogens is 368 g/mol. The topological polar surface area (TPSA) is 134 Å². The Bertz CT molecular complexity index is 451. The van der Waals surface area contributed by atoms with Gasteiger partial charge in [0.15, 0.2) is 5.96 Å². The highest BCUT2D eigenvalue weighted by Crippen LogP contribution is 2.14. The van der Waals surface area contributed by atoms with E-state index in [2.05, 4.69) is 11.9 Å². The number of nitrogens with two attached hydrogens (primary N) is 3. The number of nitrogens with zero attached hydrogens (tertiary/aromatic N) is 1. The van der Waals surface area contributed by atoms with Gasteiger partial charge in [0.2, 0.25) is 5.91 Å². The highest BCUT2D eigenvalue weighted by Gasteiger charge is 2.16. The average molecular weight is 413 g/mol. The van der Waals surface area contributed by atoms with Crippen molar-refractivity contribution in [3.63, 3.8) is 0 Å². The summed E-state index contributed by atoms with van der Waals surface area (Å²) in [6, 6.07) is 0. The van der Waals surface area contributed by atoms with Gasteiger partial charge in [0.1, 0.15) is 6.10 Å². The van der Waals surface area contributed by atoms with Gasteiger partial charge in [0, 0.05) is 13.0 Å². The van der Waals surface area contributed by atoms with Crippen LogP contribution in [0.4, 0.5) is 0 Å². The van der Waals surface area contributed by atoms with Gasteiger partial charge in [-0.15, -0.1) is 0 Å². The van der Waals surface area contributed by atoms with E-state index in [1.54, 1.807) is 0 Å². The van der Waals surface area contributed by atoms with Crippen molar-refractivity contribution in [3.05, 3.63) is 0 Å². The van der Waals surface area contributed by atoms with Gasteiger partial charge < -0.3 is 21.9 Å². The molecule has 0 aromatic heterocycles. The maximum absolute atomic E-state index is 12.0. The first-order valence-corrected chi connectivity index (χ1v) is 11.5. The zero-order chi connectivity index (χ0) is 21.7. The second-order valence-corrected chi connectivity index (χ2v) is 7.87. The number of rotatable bonds is 20. The number of hydrogen-bond acceptors (Lipinski definition) is 4. The molecule has 1 atom stereocenters. The van der Waals surface area contributed by atoms with Crippen LogP contribution in [-0.4, -0.2) is 30.5 Å². The molecule has 7 heteroatoms. The Balaban J connectivity index is 3.77. The van der Waals surface area contributed by atoms with Gasteiger partial charge in [0.25, 0.3) is 0 Å². The lowest BCUT2D eigenvalue weighted by Gasteiger charge is -2.16. The van der Waals surface area contributed by atoms with Crippen LogP contribution in [0.1, 0.15) is 110 Å². The van der Waals surface area contributed by atoms with E-state index in [1.165, 1.54) is 51.4 Å². The van der Waals surface area contributed by atoms with Crippen LogP contribution in [0.5, 0.6) is 0 Å². The summed E-state index contributed by atoms with van der Waals surface area (Å²) in [7, 11) is 0. The van der Waals surface area contributed by atoms with E-state index in [0.717, 1.165) is 32.1 Å². The van der Waals surface area contributed by atoms with Crippen molar-refractivity contribution < 1.29 is 14.3 Å². The highest BCUT2D eigenvalue weighted by atomic mass is 16.5. The number of guanidine groups is 1. The molecule has 0 bridgehead atoms. The molecule has 0 radical (unpaired) electrons. The van der Waals surface area contributed by atoms with Gasteiger partial charge in [-0.25, -0.2) is 0 Å². The van der Waals surface area contributed by atoms with E-state index in [4.69, 9.17) is 21.9 Å². The third-order valence-corrected chi connectivity index (χ3v) is 4.94. The Kier molecular flexibility index (Phi) is 18.3. The fraction of sp³-hybridized carbons (Fsp3) is 0.864. The van der Waals surface area contributed by atoms with Gasteiger partial charge in [-0.05, 0) is 25.7 Å². The summed E-state index contributed by atoms with van der Waals surface area (Å²) < 4.78 is 5.46. The molecule has 0 aliphatic rings. The Morgan fingerprint density at radius 2 is 1.34 bits per heavy atom. The summed E-state index contributed by atoms with van der Waals surface area (Å²) in [6.07, 6.45) is 15.8. The van der Waals surface area contributed by atoms with Crippen molar-refractivity contribution >= 4 is 17.8 Å². The molecule has 0 aromatic carbocycles. The zero-order valence-electron chi connectivity index (χ0n) is 18.5. The van der Waals surface area contributed by atoms with Crippen LogP contribution < -0.4 is 17.2 Å². The number of unbranched alkanes of at least 4 members (excludes halogenated alkanes) is 11. The summed E-state index contributed by atoms with van der Waals surface area (Å²) in [6.45, 7) is 2.77. The van der Waals surface area contributed by atoms with E-state index < -0.39 is 12.0 Å². The number of carbonyl (C=O) groups is 2. The second kappa shape index (κ2) is 19.5. The monoisotopic (exact) mass is 412 g/mol. The molecule has 0 aliphatic heterocycles. The van der Waals surface area contributed by atoms with Crippen LogP contribution in [0.25, 0.3) is 0 Å². The fourth-order valence-corrected chi connectivity index (χ4v) is 3.30. The Hall–Kier alpha value is -1.79. The Morgan fingerprint density at radius 3 is 1.86 bits per heavy atom. The number of esters is 1. The number of amides is 1. The van der Waals surface area contributed by atoms with Crippen LogP contribution in [0.3, 0.4) is 0 Å². The van der Waals surface area contributed by atoms with E-state index in [0.29, 0.717) is 19.4 Å². The third-order valence-electron chi connectivity index (χ3n) is 4.94. The predicted octanol–water partition coefficient (Wildman–Crippen LogP) is 3.92. The maximum Gasteiger partial charge on any atom is 0.306 e. The molecule has 7 nitrogen and oxygen atoms in total. The molecule has 0 fully saturated rings. The van der Waals surface area contributed by atoms with Crippen LogP contribution in [0.2, 0.25) is 0 Å². The summed E-state index contributed by atoms with van der Waals surface area (Å²) in [5, 5.41) is 0. The first-order valence-electron chi connectivity index (χ1n) is 11.5. The lowest BCUT2D eigenvalue weighted by molar-refractivity contribution is -0.150. The molecule has 1 amide bonds. The van der Waals surface area contributed by atoms with Gasteiger partial charge in [-0.1, -0.05) is 71.1 Å². The zero-order valence-corrected chi connectivity index (χ0v) is 18.5. The van der Waals surface area contributed by atoms with Crippen molar-refractivity contribution in [1.29, 1.82) is 0 Å². The summed E-state index contributed by atoms with van der Waals surface area (Å²) in [5.74, 6) is -0.629. The first kappa shape index (κ1) is 27.2. The van der Waals surface area contributed by atoms with Crippen molar-refractivity contribution in [2.45, 2.75) is 116 Å². The molecule has 0 aromatic rings. The minimum atomic E-state index is -0.457. The predicted molar refractivity (Wildman–Crippen MR) is 119 cm³/mol. The highest BCUT2D eigenvalue weighted by molar-refractivity contribution is 5.76. The van der Waals surface area contributed by atoms with Gasteiger partial charge in [-0.3, -0.25) is 14.6 Å². The molecule has 29 heavy (non-hydrogen) atoms. The molecule has 0 saturated carbocycles. The summed E-state index contributed by atoms with van der Waals surface area (Å²) >= 11 is 0. The lowest BCUT2D eigenvalue weighted by atomic mass is 10.1. The largest absolute Gasteiger partial charge is 0.462 e. The van der Waals surface area contributed by atoms with Gasteiger partial charge in [-0.2, -0.15) is 0 Å². The second-order valence-electron chi connectivity index (χ2n) is 7.87. The number of primary amides is 1. The molecule has 0 spiro atoms. The molecule has 0 unspecified atom stereocenters. The van der Waals surface area contributed by atoms with Crippen molar-refractivity contribution in [2.24, 2.45) is 22.2 Å². The van der Waals surface area contributed by atoms with Crippen LogP contribution >= 0.6 is 0 Å². The number of carbonyl (C=O) groups excluding carboxylic acids is 2. The molecule has 0 aliphatic carbocycles. The van der Waals surface area contributed by atoms with E-state index >= 15 is 0 Å². The van der Waals surface area contributed by atoms with Crippen molar-refractivity contribution in [1.82, 2.24) is 0 Å². The smallest absolute Gasteiger partial charge is 0.306 e. The van der Waals surface area contributed by atoms with Crippen LogP contribution in [-0.2, 0) is 14.3 Å². The van der Waals surface area contributed by atoms with Crippen molar-refractivity contribution in [3.8, 4) is 0 Å². The summed E-state index contributed by atoms with van der Waals surface area (Å²) in [5.41, 5.74) is 15.8.